The first-order chi connectivity index (χ1) is 8.84. The van der Waals surface area contributed by atoms with Crippen molar-refractivity contribution in [3.05, 3.63) is 48.0 Å². The Bertz CT molecular complexity index is 707. The maximum Gasteiger partial charge on any atom is 0.229 e. The molecule has 0 amide bonds. The van der Waals surface area contributed by atoms with Gasteiger partial charge in [0.25, 0.3) is 0 Å². The van der Waals surface area contributed by atoms with Crippen LogP contribution in [0.25, 0.3) is 10.8 Å². The first kappa shape index (κ1) is 10.9. The number of phenolic OH excluding ortho intramolecular Hbond substituents is 1. The van der Waals surface area contributed by atoms with Gasteiger partial charge in [0.05, 0.1) is 5.69 Å². The molecule has 4 nitrogen and oxygen atoms in total. The second-order valence-corrected chi connectivity index (χ2v) is 4.54. The number of hydrogen-bond donors (Lipinski definition) is 1. The molecule has 0 saturated carbocycles. The van der Waals surface area contributed by atoms with Crippen LogP contribution in [0, 0.1) is 0 Å². The van der Waals surface area contributed by atoms with E-state index in [0.717, 1.165) is 16.5 Å². The van der Waals surface area contributed by atoms with Crippen molar-refractivity contribution in [2.45, 2.75) is 0 Å². The number of aromatic hydroxyl groups is 1. The van der Waals surface area contributed by atoms with E-state index in [1.165, 1.54) is 11.3 Å². The van der Waals surface area contributed by atoms with Gasteiger partial charge in [-0.15, -0.1) is 21.6 Å². The third-order valence-electron chi connectivity index (χ3n) is 2.54. The molecule has 3 rings (SSSR count). The highest BCUT2D eigenvalue weighted by Gasteiger charge is 2.03. The van der Waals surface area contributed by atoms with E-state index in [0.29, 0.717) is 5.13 Å². The summed E-state index contributed by atoms with van der Waals surface area (Å²) in [5.74, 6) is 0.249. The van der Waals surface area contributed by atoms with Crippen molar-refractivity contribution < 1.29 is 5.11 Å². The standard InChI is InChI=1S/C13H9N3OS/c17-12-6-5-11(9-3-1-2-4-10(9)12)15-16-13-14-7-8-18-13/h1-8,17H. The molecule has 1 heterocycles. The molecule has 0 aliphatic carbocycles. The van der Waals surface area contributed by atoms with E-state index < -0.39 is 0 Å². The van der Waals surface area contributed by atoms with Crippen molar-refractivity contribution in [3.63, 3.8) is 0 Å². The molecule has 0 aliphatic heterocycles. The number of thiazole rings is 1. The fourth-order valence-electron chi connectivity index (χ4n) is 1.72. The molecule has 1 aromatic heterocycles. The first-order valence-electron chi connectivity index (χ1n) is 5.36. The zero-order valence-corrected chi connectivity index (χ0v) is 10.1. The Morgan fingerprint density at radius 2 is 1.83 bits per heavy atom. The summed E-state index contributed by atoms with van der Waals surface area (Å²) in [6.45, 7) is 0. The second-order valence-electron chi connectivity index (χ2n) is 3.66. The van der Waals surface area contributed by atoms with Crippen LogP contribution in [-0.2, 0) is 0 Å². The lowest BCUT2D eigenvalue weighted by Gasteiger charge is -2.02. The van der Waals surface area contributed by atoms with E-state index in [9.17, 15) is 5.11 Å². The van der Waals surface area contributed by atoms with Crippen LogP contribution in [-0.4, -0.2) is 10.1 Å². The van der Waals surface area contributed by atoms with Crippen LogP contribution in [0.5, 0.6) is 5.75 Å². The van der Waals surface area contributed by atoms with Gasteiger partial charge in [-0.3, -0.25) is 0 Å². The Labute approximate surface area is 107 Å². The molecule has 0 radical (unpaired) electrons. The molecule has 0 atom stereocenters. The van der Waals surface area contributed by atoms with Crippen LogP contribution in [0.1, 0.15) is 0 Å². The topological polar surface area (TPSA) is 57.8 Å². The summed E-state index contributed by atoms with van der Waals surface area (Å²) in [5, 5.41) is 22.1. The van der Waals surface area contributed by atoms with Gasteiger partial charge in [-0.05, 0) is 12.1 Å². The van der Waals surface area contributed by atoms with E-state index in [-0.39, 0.29) is 5.75 Å². The summed E-state index contributed by atoms with van der Waals surface area (Å²) in [4.78, 5) is 4.04. The van der Waals surface area contributed by atoms with Crippen molar-refractivity contribution in [2.75, 3.05) is 0 Å². The van der Waals surface area contributed by atoms with E-state index in [4.69, 9.17) is 0 Å². The molecule has 88 valence electrons. The van der Waals surface area contributed by atoms with Gasteiger partial charge in [0.2, 0.25) is 5.13 Å². The number of hydrogen-bond acceptors (Lipinski definition) is 5. The van der Waals surface area contributed by atoms with Gasteiger partial charge in [0.15, 0.2) is 0 Å². The van der Waals surface area contributed by atoms with Gasteiger partial charge in [0.1, 0.15) is 5.75 Å². The predicted octanol–water partition coefficient (Wildman–Crippen LogP) is 4.42. The van der Waals surface area contributed by atoms with E-state index in [2.05, 4.69) is 15.2 Å². The minimum Gasteiger partial charge on any atom is -0.507 e. The number of nitrogens with zero attached hydrogens (tertiary/aromatic N) is 3. The highest BCUT2D eigenvalue weighted by Crippen LogP contribution is 2.33. The average molecular weight is 255 g/mol. The van der Waals surface area contributed by atoms with Crippen molar-refractivity contribution in [2.24, 2.45) is 10.2 Å². The van der Waals surface area contributed by atoms with Crippen LogP contribution in [0.2, 0.25) is 0 Å². The lowest BCUT2D eigenvalue weighted by atomic mass is 10.1. The fourth-order valence-corrected chi connectivity index (χ4v) is 2.17. The number of phenols is 1. The summed E-state index contributed by atoms with van der Waals surface area (Å²) in [5.41, 5.74) is 0.721. The molecule has 1 N–H and O–H groups in total. The zero-order valence-electron chi connectivity index (χ0n) is 9.32. The smallest absolute Gasteiger partial charge is 0.229 e. The van der Waals surface area contributed by atoms with Gasteiger partial charge < -0.3 is 5.11 Å². The Balaban J connectivity index is 2.10. The first-order valence-corrected chi connectivity index (χ1v) is 6.24. The molecular formula is C13H9N3OS. The summed E-state index contributed by atoms with van der Waals surface area (Å²) >= 11 is 1.43. The second kappa shape index (κ2) is 4.54. The number of benzene rings is 2. The van der Waals surface area contributed by atoms with Crippen LogP contribution in [0.15, 0.2) is 58.2 Å². The van der Waals surface area contributed by atoms with Crippen LogP contribution in [0.4, 0.5) is 10.8 Å². The molecule has 18 heavy (non-hydrogen) atoms. The van der Waals surface area contributed by atoms with Crippen LogP contribution in [0.3, 0.4) is 0 Å². The average Bonchev–Trinajstić information content (AvgIpc) is 2.92. The third kappa shape index (κ3) is 1.96. The predicted molar refractivity (Wildman–Crippen MR) is 71.9 cm³/mol. The molecule has 0 bridgehead atoms. The quantitative estimate of drug-likeness (QED) is 0.689. The van der Waals surface area contributed by atoms with Crippen LogP contribution < -0.4 is 0 Å². The Morgan fingerprint density at radius 3 is 2.61 bits per heavy atom. The molecular weight excluding hydrogens is 246 g/mol. The highest BCUT2D eigenvalue weighted by molar-refractivity contribution is 7.13. The molecule has 3 aromatic rings. The molecule has 0 spiro atoms. The lowest BCUT2D eigenvalue weighted by Crippen LogP contribution is -1.74. The van der Waals surface area contributed by atoms with E-state index in [1.807, 2.05) is 29.6 Å². The Kier molecular flexibility index (Phi) is 2.74. The largest absolute Gasteiger partial charge is 0.507 e. The monoisotopic (exact) mass is 255 g/mol. The van der Waals surface area contributed by atoms with E-state index in [1.54, 1.807) is 18.3 Å². The third-order valence-corrected chi connectivity index (χ3v) is 3.20. The van der Waals surface area contributed by atoms with Crippen LogP contribution >= 0.6 is 11.3 Å². The minimum absolute atomic E-state index is 0.249. The van der Waals surface area contributed by atoms with Gasteiger partial charge in [-0.1, -0.05) is 24.3 Å². The number of rotatable bonds is 2. The summed E-state index contributed by atoms with van der Waals surface area (Å²) in [6, 6.07) is 10.9. The normalized spacial score (nSPS) is 11.3. The number of azo groups is 1. The maximum atomic E-state index is 9.77. The number of fused-ring (bicyclic) bond motifs is 1. The zero-order chi connectivity index (χ0) is 12.4. The van der Waals surface area contributed by atoms with Gasteiger partial charge in [-0.2, -0.15) is 0 Å². The minimum atomic E-state index is 0.249. The molecule has 0 saturated heterocycles. The molecule has 5 heteroatoms. The van der Waals surface area contributed by atoms with Crippen molar-refractivity contribution in [1.29, 1.82) is 0 Å². The van der Waals surface area contributed by atoms with Gasteiger partial charge in [0, 0.05) is 22.3 Å². The molecule has 0 aliphatic rings. The van der Waals surface area contributed by atoms with Gasteiger partial charge in [-0.25, -0.2) is 4.98 Å². The highest BCUT2D eigenvalue weighted by atomic mass is 32.1. The number of aromatic nitrogens is 1. The van der Waals surface area contributed by atoms with Crippen molar-refractivity contribution in [1.82, 2.24) is 4.98 Å². The lowest BCUT2D eigenvalue weighted by molar-refractivity contribution is 0.481. The van der Waals surface area contributed by atoms with Gasteiger partial charge >= 0.3 is 0 Å². The summed E-state index contributed by atoms with van der Waals surface area (Å²) < 4.78 is 0. The Hall–Kier alpha value is -2.27. The van der Waals surface area contributed by atoms with E-state index >= 15 is 0 Å². The van der Waals surface area contributed by atoms with Crippen molar-refractivity contribution in [3.8, 4) is 5.75 Å². The Morgan fingerprint density at radius 1 is 1.00 bits per heavy atom. The SMILES string of the molecule is Oc1ccc(N=Nc2nccs2)c2ccccc12. The maximum absolute atomic E-state index is 9.77. The summed E-state index contributed by atoms with van der Waals surface area (Å²) in [6.07, 6.45) is 1.69. The molecule has 0 unspecified atom stereocenters. The molecule has 0 fully saturated rings. The molecule has 2 aromatic carbocycles. The van der Waals surface area contributed by atoms with Crippen molar-refractivity contribution >= 4 is 32.9 Å². The summed E-state index contributed by atoms with van der Waals surface area (Å²) in [7, 11) is 0. The fraction of sp³-hybridized carbons (Fsp3) is 0.